The van der Waals surface area contributed by atoms with Crippen molar-refractivity contribution in [3.05, 3.63) is 14.9 Å². The van der Waals surface area contributed by atoms with E-state index in [1.807, 2.05) is 19.0 Å². The van der Waals surface area contributed by atoms with Gasteiger partial charge < -0.3 is 14.9 Å². The summed E-state index contributed by atoms with van der Waals surface area (Å²) in [4.78, 5) is 0. The normalized spacial score (nSPS) is 1.75. The molecule has 0 fully saturated rings. The Bertz CT molecular complexity index is 6.00. The Balaban J connectivity index is -0.00000000500. The molecule has 0 aromatic rings. The van der Waals surface area contributed by atoms with Crippen molar-refractivity contribution in [3.63, 3.8) is 0 Å². The van der Waals surface area contributed by atoms with Gasteiger partial charge in [-0.2, -0.15) is 0 Å². The summed E-state index contributed by atoms with van der Waals surface area (Å²) in [5.41, 5.74) is 0. The molecule has 0 aliphatic rings. The Kier molecular flexibility index (Phi) is 112. The molecule has 0 bridgehead atoms. The van der Waals surface area contributed by atoms with E-state index in [-0.39, 0.29) is 14.9 Å². The molecule has 0 rings (SSSR count). The summed E-state index contributed by atoms with van der Waals surface area (Å²) in [7, 11) is 0. The minimum absolute atomic E-state index is 0. The van der Waals surface area contributed by atoms with Gasteiger partial charge in [0, 0.05) is 0 Å². The molecule has 0 radical (unpaired) electrons. The molecule has 0 saturated heterocycles. The van der Waals surface area contributed by atoms with Crippen molar-refractivity contribution in [3.8, 4) is 0 Å². The fraction of sp³-hybridized carbons (Fsp3) is 0. The van der Waals surface area contributed by atoms with Gasteiger partial charge in [-0.25, -0.2) is 0 Å². The van der Waals surface area contributed by atoms with Crippen molar-refractivity contribution in [2.75, 3.05) is 0 Å². The Morgan fingerprint density at radius 3 is 1.00 bits per heavy atom. The van der Waals surface area contributed by atoms with Crippen LogP contribution in [-0.4, -0.2) is 0 Å². The summed E-state index contributed by atoms with van der Waals surface area (Å²) in [6.45, 7) is 0. The summed E-state index contributed by atoms with van der Waals surface area (Å²) in [5.74, 6) is 0. The second-order valence-electron chi connectivity index (χ2n) is 0. The topological polar surface area (TPSA) is 0 Å². The van der Waals surface area contributed by atoms with E-state index in [2.05, 4.69) is 17.3 Å². The van der Waals surface area contributed by atoms with E-state index in [1.54, 1.807) is 0 Å². The third kappa shape index (κ3) is 9.80. The Labute approximate surface area is 50.8 Å². The zero-order valence-corrected chi connectivity index (χ0v) is 6.32. The third-order valence-electron chi connectivity index (χ3n) is 0. The van der Waals surface area contributed by atoms with Gasteiger partial charge in [0.2, 0.25) is 0 Å². The van der Waals surface area contributed by atoms with E-state index in [1.165, 1.54) is 0 Å². The molecule has 0 aliphatic heterocycles. The van der Waals surface area contributed by atoms with Gasteiger partial charge in [-0.3, -0.25) is 0 Å². The molecule has 0 amide bonds. The van der Waals surface area contributed by atoms with E-state index >= 15 is 0 Å². The van der Waals surface area contributed by atoms with Crippen molar-refractivity contribution in [1.82, 2.24) is 0 Å². The standard InChI is InChI=1S/2CH3.Ag.HI/h2*1H3;;1H/q2*-1;+1;/p-1. The maximum Gasteiger partial charge on any atom is -0.358 e. The summed E-state index contributed by atoms with van der Waals surface area (Å²) in [6.07, 6.45) is 0. The molecule has 0 nitrogen and oxygen atoms in total. The minimum atomic E-state index is 0. The first kappa shape index (κ1) is 17.9. The van der Waals surface area contributed by atoms with Crippen LogP contribution in [0.2, 0.25) is 0 Å². The molecular formula is C2H6AgI-2. The zero-order valence-electron chi connectivity index (χ0n) is 2.68. The van der Waals surface area contributed by atoms with E-state index in [0.717, 1.165) is 0 Å². The Morgan fingerprint density at radius 1 is 1.00 bits per heavy atom. The second-order valence-corrected chi connectivity index (χ2v) is 0. The monoisotopic (exact) mass is 264 g/mol. The van der Waals surface area contributed by atoms with E-state index in [9.17, 15) is 0 Å². The maximum atomic E-state index is 2.92. The van der Waals surface area contributed by atoms with Crippen molar-refractivity contribution in [2.45, 2.75) is 0 Å². The Hall–Kier alpha value is 1.47. The number of hydrogen-bond donors (Lipinski definition) is 0. The first-order valence-corrected chi connectivity index (χ1v) is 4.52. The third-order valence-corrected chi connectivity index (χ3v) is 0. The molecule has 0 heterocycles. The van der Waals surface area contributed by atoms with Crippen LogP contribution in [0, 0.1) is 14.9 Å². The first-order valence-electron chi connectivity index (χ1n) is 0.114. The fourth-order valence-corrected chi connectivity index (χ4v) is 0. The summed E-state index contributed by atoms with van der Waals surface area (Å²) < 4.78 is 0. The smallest absolute Gasteiger partial charge is 0.358 e. The molecule has 4 heavy (non-hydrogen) atoms. The van der Waals surface area contributed by atoms with Crippen LogP contribution in [-0.2, 0) is 17.3 Å². The van der Waals surface area contributed by atoms with Gasteiger partial charge in [0.25, 0.3) is 0 Å². The molecule has 0 aromatic carbocycles. The largest absolute Gasteiger partial charge is 0.358 e. The quantitative estimate of drug-likeness (QED) is 0.356. The van der Waals surface area contributed by atoms with Gasteiger partial charge in [-0.1, -0.05) is 0 Å². The molecular weight excluding hydrogens is 259 g/mol. The minimum Gasteiger partial charge on any atom is -0.358 e. The molecule has 0 aliphatic carbocycles. The molecule has 0 N–H and O–H groups in total. The van der Waals surface area contributed by atoms with Crippen LogP contribution in [0.15, 0.2) is 0 Å². The van der Waals surface area contributed by atoms with Crippen molar-refractivity contribution >= 4 is 19.0 Å². The summed E-state index contributed by atoms with van der Waals surface area (Å²) >= 11 is 4.88. The van der Waals surface area contributed by atoms with Crippen molar-refractivity contribution in [2.24, 2.45) is 0 Å². The van der Waals surface area contributed by atoms with Gasteiger partial charge >= 0.3 is 36.3 Å². The van der Waals surface area contributed by atoms with Gasteiger partial charge in [0.05, 0.1) is 0 Å². The van der Waals surface area contributed by atoms with Crippen LogP contribution >= 0.6 is 19.0 Å². The first-order chi connectivity index (χ1) is 1.00. The second kappa shape index (κ2) is 24.9. The van der Waals surface area contributed by atoms with Crippen molar-refractivity contribution < 1.29 is 17.3 Å². The van der Waals surface area contributed by atoms with Crippen LogP contribution < -0.4 is 0 Å². The average molecular weight is 265 g/mol. The average Bonchev–Trinajstić information content (AvgIpc) is 1.00. The van der Waals surface area contributed by atoms with E-state index < -0.39 is 0 Å². The fourth-order valence-electron chi connectivity index (χ4n) is 0. The van der Waals surface area contributed by atoms with Crippen LogP contribution in [0.4, 0.5) is 0 Å². The van der Waals surface area contributed by atoms with Crippen LogP contribution in [0.25, 0.3) is 0 Å². The number of rotatable bonds is 0. The number of hydrogen-bond acceptors (Lipinski definition) is 0. The van der Waals surface area contributed by atoms with Gasteiger partial charge in [0.1, 0.15) is 0 Å². The van der Waals surface area contributed by atoms with Crippen LogP contribution in [0.3, 0.4) is 0 Å². The molecule has 0 spiro atoms. The molecule has 2 heteroatoms. The summed E-state index contributed by atoms with van der Waals surface area (Å²) in [5, 5.41) is 0. The van der Waals surface area contributed by atoms with Gasteiger partial charge in [-0.05, 0) is 0 Å². The van der Waals surface area contributed by atoms with E-state index in [0.29, 0.717) is 0 Å². The van der Waals surface area contributed by atoms with Crippen LogP contribution in [0.5, 0.6) is 0 Å². The van der Waals surface area contributed by atoms with E-state index in [4.69, 9.17) is 0 Å². The molecule has 34 valence electrons. The number of halogens is 1. The van der Waals surface area contributed by atoms with Gasteiger partial charge in [-0.15, -0.1) is 0 Å². The molecule has 0 atom stereocenters. The van der Waals surface area contributed by atoms with Crippen molar-refractivity contribution in [1.29, 1.82) is 0 Å². The van der Waals surface area contributed by atoms with Gasteiger partial charge in [0.15, 0.2) is 0 Å². The predicted octanol–water partition coefficient (Wildman–Crippen LogP) is 1.78. The molecule has 0 unspecified atom stereocenters. The Morgan fingerprint density at radius 2 is 1.00 bits per heavy atom. The predicted molar refractivity (Wildman–Crippen MR) is 26.8 cm³/mol. The zero-order chi connectivity index (χ0) is 2.00. The maximum absolute atomic E-state index is 2.92. The molecule has 0 saturated carbocycles. The molecule has 0 aromatic heterocycles. The SMILES string of the molecule is [Ag][I].[CH3-].[CH3-]. The van der Waals surface area contributed by atoms with Crippen LogP contribution in [0.1, 0.15) is 0 Å². The summed E-state index contributed by atoms with van der Waals surface area (Å²) in [6, 6.07) is 0.